The maximum atomic E-state index is 11.9. The van der Waals surface area contributed by atoms with E-state index < -0.39 is 20.5 Å². The van der Waals surface area contributed by atoms with Crippen LogP contribution in [0.15, 0.2) is 15.9 Å². The van der Waals surface area contributed by atoms with E-state index in [2.05, 4.69) is 4.98 Å². The minimum absolute atomic E-state index is 0.134. The maximum Gasteiger partial charge on any atom is 0.279 e. The molecule has 0 aliphatic rings. The van der Waals surface area contributed by atoms with Gasteiger partial charge in [0.1, 0.15) is 0 Å². The minimum Gasteiger partial charge on any atom is -0.267 e. The molecule has 8 heteroatoms. The summed E-state index contributed by atoms with van der Waals surface area (Å²) in [4.78, 5) is 16.8. The number of thiazole rings is 1. The van der Waals surface area contributed by atoms with Crippen LogP contribution in [0.3, 0.4) is 0 Å². The van der Waals surface area contributed by atoms with Gasteiger partial charge in [0.05, 0.1) is 5.69 Å². The van der Waals surface area contributed by atoms with Crippen molar-refractivity contribution >= 4 is 26.3 Å². The van der Waals surface area contributed by atoms with Crippen LogP contribution >= 0.6 is 11.3 Å². The molecule has 2 N–H and O–H groups in total. The van der Waals surface area contributed by atoms with Crippen molar-refractivity contribution in [2.24, 2.45) is 5.14 Å². The van der Waals surface area contributed by atoms with Gasteiger partial charge in [0.2, 0.25) is 10.0 Å². The first-order valence-corrected chi connectivity index (χ1v) is 6.69. The van der Waals surface area contributed by atoms with Gasteiger partial charge in [-0.1, -0.05) is 0 Å². The lowest BCUT2D eigenvalue weighted by molar-refractivity contribution is 0.594. The number of hydrogen-bond acceptors (Lipinski definition) is 5. The zero-order chi connectivity index (χ0) is 12.1. The van der Waals surface area contributed by atoms with Crippen LogP contribution in [-0.4, -0.2) is 17.8 Å². The van der Waals surface area contributed by atoms with Crippen LogP contribution in [0.2, 0.25) is 0 Å². The average Bonchev–Trinajstić information content (AvgIpc) is 2.43. The molecule has 2 aromatic heterocycles. The summed E-state index contributed by atoms with van der Waals surface area (Å²) in [5, 5.41) is 4.98. The summed E-state index contributed by atoms with van der Waals surface area (Å²) in [7, 11) is -4.04. The molecule has 0 saturated heterocycles. The molecule has 0 radical (unpaired) electrons. The number of aryl methyl sites for hydroxylation is 2. The van der Waals surface area contributed by atoms with Crippen LogP contribution in [0, 0.1) is 13.8 Å². The van der Waals surface area contributed by atoms with E-state index in [-0.39, 0.29) is 5.69 Å². The van der Waals surface area contributed by atoms with E-state index in [1.54, 1.807) is 6.20 Å². The van der Waals surface area contributed by atoms with Crippen LogP contribution in [0.5, 0.6) is 0 Å². The van der Waals surface area contributed by atoms with Gasteiger partial charge < -0.3 is 0 Å². The Bertz CT molecular complexity index is 727. The van der Waals surface area contributed by atoms with Gasteiger partial charge in [0.15, 0.2) is 9.86 Å². The van der Waals surface area contributed by atoms with Gasteiger partial charge in [-0.15, -0.1) is 11.3 Å². The number of hydrogen-bond donors (Lipinski definition) is 1. The molecule has 86 valence electrons. The second-order valence-corrected chi connectivity index (χ2v) is 6.08. The number of sulfonamides is 1. The predicted octanol–water partition coefficient (Wildman–Crippen LogP) is 0.0202. The lowest BCUT2D eigenvalue weighted by Crippen LogP contribution is -2.27. The van der Waals surface area contributed by atoms with Crippen molar-refractivity contribution in [1.82, 2.24) is 9.38 Å². The van der Waals surface area contributed by atoms with Crippen LogP contribution in [0.1, 0.15) is 10.6 Å². The molecule has 2 rings (SSSR count). The van der Waals surface area contributed by atoms with Crippen molar-refractivity contribution in [3.63, 3.8) is 0 Å². The Kier molecular flexibility index (Phi) is 2.37. The highest BCUT2D eigenvalue weighted by Gasteiger charge is 2.20. The van der Waals surface area contributed by atoms with Crippen molar-refractivity contribution < 1.29 is 8.42 Å². The van der Waals surface area contributed by atoms with Gasteiger partial charge in [-0.25, -0.2) is 18.5 Å². The van der Waals surface area contributed by atoms with E-state index in [9.17, 15) is 13.2 Å². The van der Waals surface area contributed by atoms with Gasteiger partial charge in [0, 0.05) is 11.1 Å². The molecule has 0 aliphatic heterocycles. The number of rotatable bonds is 1. The molecule has 0 fully saturated rings. The Morgan fingerprint density at radius 1 is 1.44 bits per heavy atom. The van der Waals surface area contributed by atoms with E-state index in [0.717, 1.165) is 4.88 Å². The molecule has 6 nitrogen and oxygen atoms in total. The van der Waals surface area contributed by atoms with E-state index in [1.807, 2.05) is 6.92 Å². The van der Waals surface area contributed by atoms with E-state index in [0.29, 0.717) is 4.96 Å². The number of aromatic nitrogens is 2. The average molecular weight is 259 g/mol. The number of nitrogens with zero attached hydrogens (tertiary/aromatic N) is 2. The van der Waals surface area contributed by atoms with E-state index in [4.69, 9.17) is 5.14 Å². The summed E-state index contributed by atoms with van der Waals surface area (Å²) < 4.78 is 23.7. The highest BCUT2D eigenvalue weighted by molar-refractivity contribution is 7.89. The second-order valence-electron chi connectivity index (χ2n) is 3.37. The van der Waals surface area contributed by atoms with Crippen LogP contribution in [-0.2, 0) is 10.0 Å². The second kappa shape index (κ2) is 3.37. The van der Waals surface area contributed by atoms with Gasteiger partial charge in [-0.2, -0.15) is 0 Å². The topological polar surface area (TPSA) is 94.5 Å². The third-order valence-electron chi connectivity index (χ3n) is 2.06. The molecule has 16 heavy (non-hydrogen) atoms. The van der Waals surface area contributed by atoms with Crippen molar-refractivity contribution in [3.05, 3.63) is 27.1 Å². The summed E-state index contributed by atoms with van der Waals surface area (Å²) in [6.07, 6.45) is 1.55. The van der Waals surface area contributed by atoms with Crippen molar-refractivity contribution in [1.29, 1.82) is 0 Å². The quantitative estimate of drug-likeness (QED) is 0.781. The Morgan fingerprint density at radius 3 is 2.62 bits per heavy atom. The summed E-state index contributed by atoms with van der Waals surface area (Å²) in [6.45, 7) is 3.26. The molecule has 0 spiro atoms. The highest BCUT2D eigenvalue weighted by atomic mass is 32.2. The SMILES string of the molecule is Cc1cn2c(=O)c(S(N)(=O)=O)c(C)nc2s1. The lowest BCUT2D eigenvalue weighted by Gasteiger charge is -2.01. The molecule has 0 amide bonds. The summed E-state index contributed by atoms with van der Waals surface area (Å²) in [5.74, 6) is 0. The fraction of sp³-hybridized carbons (Fsp3) is 0.250. The molecule has 0 unspecified atom stereocenters. The first-order chi connectivity index (χ1) is 7.30. The molecular formula is C8H9N3O3S2. The van der Waals surface area contributed by atoms with Crippen LogP contribution < -0.4 is 10.7 Å². The number of fused-ring (bicyclic) bond motifs is 1. The maximum absolute atomic E-state index is 11.9. The third kappa shape index (κ3) is 1.64. The zero-order valence-electron chi connectivity index (χ0n) is 8.59. The Hall–Kier alpha value is -1.25. The summed E-state index contributed by atoms with van der Waals surface area (Å²) >= 11 is 1.32. The van der Waals surface area contributed by atoms with Crippen molar-refractivity contribution in [2.45, 2.75) is 18.7 Å². The molecule has 0 atom stereocenters. The molecule has 0 bridgehead atoms. The molecular weight excluding hydrogens is 250 g/mol. The first kappa shape index (κ1) is 11.2. The molecule has 0 aromatic carbocycles. The molecule has 0 aliphatic carbocycles. The largest absolute Gasteiger partial charge is 0.279 e. The standard InChI is InChI=1S/C8H9N3O3S2/c1-4-3-11-7(12)6(16(9,13)14)5(2)10-8(11)15-4/h3H,1-2H3,(H2,9,13,14). The first-order valence-electron chi connectivity index (χ1n) is 4.33. The normalized spacial score (nSPS) is 12.2. The van der Waals surface area contributed by atoms with Gasteiger partial charge in [-0.3, -0.25) is 9.20 Å². The van der Waals surface area contributed by atoms with Gasteiger partial charge in [-0.05, 0) is 13.8 Å². The van der Waals surface area contributed by atoms with Gasteiger partial charge in [0.25, 0.3) is 5.56 Å². The van der Waals surface area contributed by atoms with Crippen molar-refractivity contribution in [3.8, 4) is 0 Å². The molecule has 2 aromatic rings. The summed E-state index contributed by atoms with van der Waals surface area (Å²) in [5.41, 5.74) is -0.510. The van der Waals surface area contributed by atoms with Crippen LogP contribution in [0.25, 0.3) is 4.96 Å². The monoisotopic (exact) mass is 259 g/mol. The Morgan fingerprint density at radius 2 is 2.06 bits per heavy atom. The molecule has 2 heterocycles. The Balaban J connectivity index is 3.03. The fourth-order valence-electron chi connectivity index (χ4n) is 1.46. The smallest absolute Gasteiger partial charge is 0.267 e. The van der Waals surface area contributed by atoms with Crippen molar-refractivity contribution in [2.75, 3.05) is 0 Å². The molecule has 0 saturated carbocycles. The summed E-state index contributed by atoms with van der Waals surface area (Å²) in [6, 6.07) is 0. The van der Waals surface area contributed by atoms with E-state index in [1.165, 1.54) is 22.7 Å². The van der Waals surface area contributed by atoms with Gasteiger partial charge >= 0.3 is 0 Å². The van der Waals surface area contributed by atoms with Crippen LogP contribution in [0.4, 0.5) is 0 Å². The zero-order valence-corrected chi connectivity index (χ0v) is 10.2. The third-order valence-corrected chi connectivity index (χ3v) is 4.00. The predicted molar refractivity (Wildman–Crippen MR) is 60.2 cm³/mol. The van der Waals surface area contributed by atoms with E-state index >= 15 is 0 Å². The highest BCUT2D eigenvalue weighted by Crippen LogP contribution is 2.15. The number of primary sulfonamides is 1. The minimum atomic E-state index is -4.04. The lowest BCUT2D eigenvalue weighted by atomic mass is 10.4. The number of nitrogens with two attached hydrogens (primary N) is 1. The fourth-order valence-corrected chi connectivity index (χ4v) is 3.13. The Labute approximate surface area is 95.4 Å².